The van der Waals surface area contributed by atoms with Gasteiger partial charge in [-0.3, -0.25) is 14.6 Å². The van der Waals surface area contributed by atoms with E-state index in [4.69, 9.17) is 10.5 Å². The summed E-state index contributed by atoms with van der Waals surface area (Å²) in [6, 6.07) is 7.29. The molecule has 1 aromatic heterocycles. The Morgan fingerprint density at radius 1 is 1.27 bits per heavy atom. The van der Waals surface area contributed by atoms with Crippen molar-refractivity contribution in [3.63, 3.8) is 0 Å². The third-order valence-corrected chi connectivity index (χ3v) is 5.21. The van der Waals surface area contributed by atoms with E-state index >= 15 is 0 Å². The Morgan fingerprint density at radius 3 is 2.70 bits per heavy atom. The predicted octanol–water partition coefficient (Wildman–Crippen LogP) is 1.49. The topological polar surface area (TPSA) is 133 Å². The molecule has 0 aliphatic carbocycles. The lowest BCUT2D eigenvalue weighted by Gasteiger charge is -2.26. The minimum atomic E-state index is -0.597. The molecule has 172 valence electrons. The molecular weight excluding hydrogens is 433 g/mol. The van der Waals surface area contributed by atoms with Crippen molar-refractivity contribution >= 4 is 35.9 Å². The van der Waals surface area contributed by atoms with Crippen LogP contribution in [0.1, 0.15) is 6.92 Å². The number of primary amides is 1. The van der Waals surface area contributed by atoms with Gasteiger partial charge in [-0.25, -0.2) is 24.0 Å². The minimum absolute atomic E-state index is 0.192. The van der Waals surface area contributed by atoms with Gasteiger partial charge >= 0.3 is 12.1 Å². The Bertz CT molecular complexity index is 1110. The van der Waals surface area contributed by atoms with E-state index in [-0.39, 0.29) is 19.0 Å². The molecule has 1 aromatic carbocycles. The number of rotatable bonds is 5. The summed E-state index contributed by atoms with van der Waals surface area (Å²) < 4.78 is 20.1. The number of pyridine rings is 1. The van der Waals surface area contributed by atoms with Crippen LogP contribution in [0.15, 0.2) is 41.6 Å². The van der Waals surface area contributed by atoms with Gasteiger partial charge in [0, 0.05) is 30.8 Å². The molecule has 1 fully saturated rings. The minimum Gasteiger partial charge on any atom is -0.442 e. The fourth-order valence-electron chi connectivity index (χ4n) is 3.48. The van der Waals surface area contributed by atoms with E-state index in [0.29, 0.717) is 35.7 Å². The van der Waals surface area contributed by atoms with Crippen LogP contribution >= 0.6 is 0 Å². The van der Waals surface area contributed by atoms with Gasteiger partial charge in [-0.2, -0.15) is 5.10 Å². The third-order valence-electron chi connectivity index (χ3n) is 5.21. The first kappa shape index (κ1) is 22.0. The second-order valence-corrected chi connectivity index (χ2v) is 7.51. The molecule has 3 heterocycles. The molecule has 0 saturated carbocycles. The Labute approximate surface area is 188 Å². The van der Waals surface area contributed by atoms with E-state index in [0.717, 1.165) is 0 Å². The van der Waals surface area contributed by atoms with E-state index in [1.54, 1.807) is 29.3 Å². The lowest BCUT2D eigenvalue weighted by molar-refractivity contribution is -0.119. The molecule has 2 aliphatic heterocycles. The number of nitrogens with zero attached hydrogens (tertiary/aromatic N) is 5. The molecule has 0 bridgehead atoms. The van der Waals surface area contributed by atoms with Crippen molar-refractivity contribution in [2.75, 3.05) is 36.1 Å². The maximum atomic E-state index is 14.9. The first-order valence-electron chi connectivity index (χ1n) is 10.2. The SMILES string of the molecule is CC(=O)NC[C@H]1CN(c2ccc(-c3ccc(N4CCN(C(N)=O)C=N4)nc3)c(F)c2)C(=O)O1. The quantitative estimate of drug-likeness (QED) is 0.702. The molecule has 4 amide bonds. The van der Waals surface area contributed by atoms with Crippen molar-refractivity contribution < 1.29 is 23.5 Å². The zero-order valence-corrected chi connectivity index (χ0v) is 17.8. The van der Waals surface area contributed by atoms with E-state index in [9.17, 15) is 18.8 Å². The molecule has 0 radical (unpaired) electrons. The average molecular weight is 455 g/mol. The molecule has 4 rings (SSSR count). The van der Waals surface area contributed by atoms with E-state index in [2.05, 4.69) is 15.4 Å². The summed E-state index contributed by atoms with van der Waals surface area (Å²) in [5.74, 6) is -0.200. The van der Waals surface area contributed by atoms with Crippen LogP contribution in [0, 0.1) is 5.82 Å². The standard InChI is InChI=1S/C21H22FN7O4/c1-13(30)24-10-16-11-28(21(32)33-16)15-3-4-17(18(22)8-15)14-2-5-19(25-9-14)29-7-6-27(12-26-29)20(23)31/h2-5,8-9,12,16H,6-7,10-11H2,1H3,(H2,23,31)(H,24,30)/t16-/m0/s1. The van der Waals surface area contributed by atoms with Gasteiger partial charge in [0.1, 0.15) is 24.1 Å². The molecule has 2 aliphatic rings. The largest absolute Gasteiger partial charge is 0.442 e. The summed E-state index contributed by atoms with van der Waals surface area (Å²) in [5.41, 5.74) is 6.45. The number of carbonyl (C=O) groups excluding carboxylic acids is 3. The van der Waals surface area contributed by atoms with Crippen LogP contribution in [0.2, 0.25) is 0 Å². The van der Waals surface area contributed by atoms with Crippen molar-refractivity contribution in [3.05, 3.63) is 42.3 Å². The Morgan fingerprint density at radius 2 is 2.09 bits per heavy atom. The van der Waals surface area contributed by atoms with Crippen LogP contribution in [0.25, 0.3) is 11.1 Å². The van der Waals surface area contributed by atoms with Crippen molar-refractivity contribution in [2.45, 2.75) is 13.0 Å². The fourth-order valence-corrected chi connectivity index (χ4v) is 3.48. The number of anilines is 2. The van der Waals surface area contributed by atoms with E-state index in [1.165, 1.54) is 35.3 Å². The Kier molecular flexibility index (Phi) is 6.07. The molecule has 0 spiro atoms. The molecule has 1 saturated heterocycles. The van der Waals surface area contributed by atoms with Gasteiger partial charge in [-0.05, 0) is 30.3 Å². The van der Waals surface area contributed by atoms with Crippen molar-refractivity contribution in [3.8, 4) is 11.1 Å². The van der Waals surface area contributed by atoms with E-state index in [1.807, 2.05) is 0 Å². The monoisotopic (exact) mass is 455 g/mol. The lowest BCUT2D eigenvalue weighted by atomic mass is 10.1. The normalized spacial score (nSPS) is 17.8. The Hall–Kier alpha value is -4.22. The van der Waals surface area contributed by atoms with E-state index < -0.39 is 24.0 Å². The van der Waals surface area contributed by atoms with Gasteiger partial charge in [-0.1, -0.05) is 0 Å². The summed E-state index contributed by atoms with van der Waals surface area (Å²) in [6.45, 7) is 2.57. The number of nitrogens with one attached hydrogen (secondary N) is 1. The molecule has 33 heavy (non-hydrogen) atoms. The first-order valence-corrected chi connectivity index (χ1v) is 10.2. The number of hydrazone groups is 1. The highest BCUT2D eigenvalue weighted by Crippen LogP contribution is 2.29. The highest BCUT2D eigenvalue weighted by atomic mass is 19.1. The number of benzene rings is 1. The maximum Gasteiger partial charge on any atom is 0.414 e. The van der Waals surface area contributed by atoms with Crippen LogP contribution in [0.5, 0.6) is 0 Å². The summed E-state index contributed by atoms with van der Waals surface area (Å²) in [5, 5.41) is 8.35. The molecule has 11 nitrogen and oxygen atoms in total. The zero-order valence-electron chi connectivity index (χ0n) is 17.8. The van der Waals surface area contributed by atoms with Crippen molar-refractivity contribution in [1.82, 2.24) is 15.2 Å². The molecule has 2 aromatic rings. The molecule has 3 N–H and O–H groups in total. The highest BCUT2D eigenvalue weighted by molar-refractivity contribution is 5.90. The number of hydrogen-bond donors (Lipinski definition) is 2. The number of cyclic esters (lactones) is 1. The number of ether oxygens (including phenoxy) is 1. The van der Waals surface area contributed by atoms with Crippen molar-refractivity contribution in [1.29, 1.82) is 0 Å². The van der Waals surface area contributed by atoms with Crippen molar-refractivity contribution in [2.24, 2.45) is 10.8 Å². The summed E-state index contributed by atoms with van der Waals surface area (Å²) in [4.78, 5) is 41.3. The van der Waals surface area contributed by atoms with Crippen LogP contribution < -0.4 is 21.0 Å². The van der Waals surface area contributed by atoms with Gasteiger partial charge in [0.2, 0.25) is 5.91 Å². The lowest BCUT2D eigenvalue weighted by Crippen LogP contribution is -2.43. The molecule has 1 atom stereocenters. The molecular formula is C21H22FN7O4. The number of urea groups is 1. The van der Waals surface area contributed by atoms with Gasteiger partial charge in [0.15, 0.2) is 0 Å². The van der Waals surface area contributed by atoms with Gasteiger partial charge in [0.25, 0.3) is 0 Å². The smallest absolute Gasteiger partial charge is 0.414 e. The summed E-state index contributed by atoms with van der Waals surface area (Å²) in [7, 11) is 0. The van der Waals surface area contributed by atoms with Gasteiger partial charge < -0.3 is 15.8 Å². The number of hydrogen-bond acceptors (Lipinski definition) is 7. The first-order chi connectivity index (χ1) is 15.8. The Balaban J connectivity index is 1.45. The summed E-state index contributed by atoms with van der Waals surface area (Å²) >= 11 is 0. The molecule has 12 heteroatoms. The number of aromatic nitrogens is 1. The third kappa shape index (κ3) is 4.84. The maximum absolute atomic E-state index is 14.9. The second-order valence-electron chi connectivity index (χ2n) is 7.51. The van der Waals surface area contributed by atoms with Gasteiger partial charge in [0.05, 0.1) is 25.3 Å². The number of nitrogens with two attached hydrogens (primary N) is 1. The van der Waals surface area contributed by atoms with Crippen LogP contribution in [-0.2, 0) is 9.53 Å². The highest BCUT2D eigenvalue weighted by Gasteiger charge is 2.32. The number of amides is 4. The number of carbonyl (C=O) groups is 3. The van der Waals surface area contributed by atoms with Gasteiger partial charge in [-0.15, -0.1) is 0 Å². The van der Waals surface area contributed by atoms with Crippen LogP contribution in [-0.4, -0.2) is 66.5 Å². The fraction of sp³-hybridized carbons (Fsp3) is 0.286. The van der Waals surface area contributed by atoms with Crippen LogP contribution in [0.4, 0.5) is 25.5 Å². The molecule has 0 unspecified atom stereocenters. The van der Waals surface area contributed by atoms with Crippen LogP contribution in [0.3, 0.4) is 0 Å². The zero-order chi connectivity index (χ0) is 23.5. The average Bonchev–Trinajstić information content (AvgIpc) is 3.18. The second kappa shape index (κ2) is 9.10. The summed E-state index contributed by atoms with van der Waals surface area (Å²) in [6.07, 6.45) is 1.76. The number of halogens is 1. The predicted molar refractivity (Wildman–Crippen MR) is 118 cm³/mol.